The van der Waals surface area contributed by atoms with Gasteiger partial charge in [0.2, 0.25) is 0 Å². The third-order valence-electron chi connectivity index (χ3n) is 4.67. The summed E-state index contributed by atoms with van der Waals surface area (Å²) in [6.45, 7) is 1.65. The summed E-state index contributed by atoms with van der Waals surface area (Å²) >= 11 is 6.16. The molecule has 0 aliphatic rings. The summed E-state index contributed by atoms with van der Waals surface area (Å²) in [6.07, 6.45) is 0. The van der Waals surface area contributed by atoms with Gasteiger partial charge >= 0.3 is 0 Å². The maximum atomic E-state index is 13.6. The van der Waals surface area contributed by atoms with Crippen LogP contribution in [0, 0.1) is 12.7 Å². The lowest BCUT2D eigenvalue weighted by Crippen LogP contribution is -2.31. The highest BCUT2D eigenvalue weighted by atomic mass is 35.5. The first kappa shape index (κ1) is 21.9. The van der Waals surface area contributed by atoms with E-state index in [9.17, 15) is 12.8 Å². The van der Waals surface area contributed by atoms with Crippen LogP contribution in [0.2, 0.25) is 5.02 Å². The Balaban J connectivity index is 2.12. The molecule has 158 valence electrons. The van der Waals surface area contributed by atoms with Gasteiger partial charge in [-0.15, -0.1) is 0 Å². The van der Waals surface area contributed by atoms with Gasteiger partial charge in [0, 0.05) is 5.02 Å². The van der Waals surface area contributed by atoms with Gasteiger partial charge in [-0.3, -0.25) is 4.31 Å². The molecule has 3 aromatic carbocycles. The fourth-order valence-electron chi connectivity index (χ4n) is 3.05. The van der Waals surface area contributed by atoms with Crippen LogP contribution in [0.5, 0.6) is 11.5 Å². The normalized spacial score (nSPS) is 11.2. The molecule has 0 spiro atoms. The molecule has 30 heavy (non-hydrogen) atoms. The molecule has 0 N–H and O–H groups in total. The number of halogens is 2. The Bertz CT molecular complexity index is 1150. The van der Waals surface area contributed by atoms with Gasteiger partial charge in [0.05, 0.1) is 31.3 Å². The topological polar surface area (TPSA) is 55.8 Å². The number of hydrogen-bond donors (Lipinski definition) is 0. The van der Waals surface area contributed by atoms with E-state index in [1.54, 1.807) is 37.3 Å². The molecule has 0 atom stereocenters. The van der Waals surface area contributed by atoms with Crippen molar-refractivity contribution < 1.29 is 22.3 Å². The van der Waals surface area contributed by atoms with Gasteiger partial charge in [0.1, 0.15) is 5.82 Å². The maximum absolute atomic E-state index is 13.6. The summed E-state index contributed by atoms with van der Waals surface area (Å²) in [7, 11) is -0.971. The molecule has 0 saturated carbocycles. The molecule has 0 radical (unpaired) electrons. The Morgan fingerprint density at radius 1 is 0.967 bits per heavy atom. The lowest BCUT2D eigenvalue weighted by Gasteiger charge is -2.26. The van der Waals surface area contributed by atoms with Gasteiger partial charge in [-0.2, -0.15) is 0 Å². The van der Waals surface area contributed by atoms with Crippen LogP contribution < -0.4 is 13.8 Å². The van der Waals surface area contributed by atoms with Crippen molar-refractivity contribution in [3.63, 3.8) is 0 Å². The lowest BCUT2D eigenvalue weighted by atomic mass is 10.2. The molecular weight excluding hydrogens is 429 g/mol. The summed E-state index contributed by atoms with van der Waals surface area (Å²) in [5, 5.41) is 0.348. The number of benzene rings is 3. The Kier molecular flexibility index (Phi) is 6.53. The number of sulfonamides is 1. The third-order valence-corrected chi connectivity index (χ3v) is 7.00. The second-order valence-corrected chi connectivity index (χ2v) is 8.78. The smallest absolute Gasteiger partial charge is 0.264 e. The van der Waals surface area contributed by atoms with Gasteiger partial charge in [0.25, 0.3) is 10.0 Å². The Hall–Kier alpha value is -2.77. The van der Waals surface area contributed by atoms with E-state index in [1.807, 2.05) is 0 Å². The van der Waals surface area contributed by atoms with Crippen molar-refractivity contribution >= 4 is 27.3 Å². The van der Waals surface area contributed by atoms with Gasteiger partial charge < -0.3 is 9.47 Å². The molecule has 0 aliphatic carbocycles. The van der Waals surface area contributed by atoms with Gasteiger partial charge in [0.15, 0.2) is 11.5 Å². The average molecular weight is 450 g/mol. The highest BCUT2D eigenvalue weighted by molar-refractivity contribution is 7.92. The van der Waals surface area contributed by atoms with Crippen molar-refractivity contribution in [2.75, 3.05) is 18.5 Å². The first-order chi connectivity index (χ1) is 14.3. The molecule has 8 heteroatoms. The molecule has 0 fully saturated rings. The molecule has 0 aromatic heterocycles. The molecule has 3 aromatic rings. The Labute approximate surface area is 180 Å². The van der Waals surface area contributed by atoms with Crippen LogP contribution in [-0.2, 0) is 16.6 Å². The van der Waals surface area contributed by atoms with Crippen molar-refractivity contribution in [1.29, 1.82) is 0 Å². The van der Waals surface area contributed by atoms with Crippen molar-refractivity contribution in [3.05, 3.63) is 82.6 Å². The lowest BCUT2D eigenvalue weighted by molar-refractivity contribution is 0.354. The zero-order valence-corrected chi connectivity index (χ0v) is 18.3. The quantitative estimate of drug-likeness (QED) is 0.497. The molecule has 0 aliphatic heterocycles. The van der Waals surface area contributed by atoms with Crippen LogP contribution >= 0.6 is 11.6 Å². The minimum Gasteiger partial charge on any atom is -0.493 e. The van der Waals surface area contributed by atoms with Crippen LogP contribution in [0.25, 0.3) is 0 Å². The van der Waals surface area contributed by atoms with E-state index < -0.39 is 15.8 Å². The molecular formula is C22H21ClFNO4S. The molecule has 0 unspecified atom stereocenters. The second-order valence-electron chi connectivity index (χ2n) is 6.54. The van der Waals surface area contributed by atoms with E-state index in [0.717, 1.165) is 0 Å². The largest absolute Gasteiger partial charge is 0.493 e. The molecule has 0 bridgehead atoms. The molecule has 0 heterocycles. The molecule has 0 saturated heterocycles. The zero-order chi connectivity index (χ0) is 21.9. The van der Waals surface area contributed by atoms with Gasteiger partial charge in [-0.05, 0) is 66.6 Å². The summed E-state index contributed by atoms with van der Waals surface area (Å²) in [6, 6.07) is 15.2. The average Bonchev–Trinajstić information content (AvgIpc) is 2.74. The number of nitrogens with zero attached hydrogens (tertiary/aromatic N) is 1. The van der Waals surface area contributed by atoms with E-state index in [0.29, 0.717) is 33.3 Å². The highest BCUT2D eigenvalue weighted by Gasteiger charge is 2.28. The molecule has 0 amide bonds. The number of anilines is 1. The summed E-state index contributed by atoms with van der Waals surface area (Å²) in [4.78, 5) is 0.0831. The predicted molar refractivity (Wildman–Crippen MR) is 116 cm³/mol. The van der Waals surface area contributed by atoms with Crippen molar-refractivity contribution in [2.45, 2.75) is 18.4 Å². The number of rotatable bonds is 7. The number of hydrogen-bond acceptors (Lipinski definition) is 4. The standard InChI is InChI=1S/C22H21ClFNO4S/c1-15-19(23)5-4-6-22(15)30(26,27)25(18-10-8-17(24)9-11-18)14-16-7-12-20(28-2)21(13-16)29-3/h4-13H,14H2,1-3H3. The predicted octanol–water partition coefficient (Wildman–Crippen LogP) is 5.20. The SMILES string of the molecule is COc1ccc(CN(c2ccc(F)cc2)S(=O)(=O)c2cccc(Cl)c2C)cc1OC. The van der Waals surface area contributed by atoms with E-state index >= 15 is 0 Å². The van der Waals surface area contributed by atoms with E-state index in [-0.39, 0.29) is 11.4 Å². The molecule has 3 rings (SSSR count). The van der Waals surface area contributed by atoms with Crippen LogP contribution in [0.15, 0.2) is 65.6 Å². The van der Waals surface area contributed by atoms with Crippen molar-refractivity contribution in [1.82, 2.24) is 0 Å². The minimum atomic E-state index is -4.00. The maximum Gasteiger partial charge on any atom is 0.264 e. The third kappa shape index (κ3) is 4.37. The first-order valence-electron chi connectivity index (χ1n) is 9.02. The summed E-state index contributed by atoms with van der Waals surface area (Å²) in [5.41, 5.74) is 1.43. The fourth-order valence-corrected chi connectivity index (χ4v) is 4.99. The Morgan fingerprint density at radius 2 is 1.63 bits per heavy atom. The van der Waals surface area contributed by atoms with E-state index in [2.05, 4.69) is 0 Å². The van der Waals surface area contributed by atoms with E-state index in [1.165, 1.54) is 48.9 Å². The number of ether oxygens (including phenoxy) is 2. The van der Waals surface area contributed by atoms with Gasteiger partial charge in [-0.1, -0.05) is 23.7 Å². The van der Waals surface area contributed by atoms with Crippen LogP contribution in [0.3, 0.4) is 0 Å². The Morgan fingerprint density at radius 3 is 2.27 bits per heavy atom. The highest BCUT2D eigenvalue weighted by Crippen LogP contribution is 2.33. The monoisotopic (exact) mass is 449 g/mol. The van der Waals surface area contributed by atoms with E-state index in [4.69, 9.17) is 21.1 Å². The molecule has 5 nitrogen and oxygen atoms in total. The van der Waals surface area contributed by atoms with Crippen LogP contribution in [-0.4, -0.2) is 22.6 Å². The number of methoxy groups -OCH3 is 2. The minimum absolute atomic E-state index is 0.000271. The van der Waals surface area contributed by atoms with Crippen molar-refractivity contribution in [3.8, 4) is 11.5 Å². The zero-order valence-electron chi connectivity index (χ0n) is 16.7. The fraction of sp³-hybridized carbons (Fsp3) is 0.182. The second kappa shape index (κ2) is 8.93. The summed E-state index contributed by atoms with van der Waals surface area (Å²) < 4.78 is 52.4. The van der Waals surface area contributed by atoms with Crippen molar-refractivity contribution in [2.24, 2.45) is 0 Å². The van der Waals surface area contributed by atoms with Gasteiger partial charge in [-0.25, -0.2) is 12.8 Å². The summed E-state index contributed by atoms with van der Waals surface area (Å²) in [5.74, 6) is 0.551. The van der Waals surface area contributed by atoms with Crippen LogP contribution in [0.4, 0.5) is 10.1 Å². The van der Waals surface area contributed by atoms with Crippen LogP contribution in [0.1, 0.15) is 11.1 Å². The first-order valence-corrected chi connectivity index (χ1v) is 10.8.